The Morgan fingerprint density at radius 3 is 2.73 bits per heavy atom. The first-order valence-corrected chi connectivity index (χ1v) is 5.46. The summed E-state index contributed by atoms with van der Waals surface area (Å²) in [4.78, 5) is 4.13. The molecule has 0 bridgehead atoms. The summed E-state index contributed by atoms with van der Waals surface area (Å²) < 4.78 is 4.99. The molecule has 84 valence electrons. The monoisotopic (exact) mass is 208 g/mol. The Morgan fingerprint density at radius 1 is 1.40 bits per heavy atom. The summed E-state index contributed by atoms with van der Waals surface area (Å²) in [6.45, 7) is 5.50. The molecule has 0 fully saturated rings. The zero-order chi connectivity index (χ0) is 11.1. The van der Waals surface area contributed by atoms with E-state index in [0.717, 1.165) is 18.2 Å². The maximum atomic E-state index is 4.99. The molecule has 3 heteroatoms. The number of nitrogens with one attached hydrogen (secondary N) is 1. The van der Waals surface area contributed by atoms with Gasteiger partial charge in [0.2, 0.25) is 5.88 Å². The summed E-state index contributed by atoms with van der Waals surface area (Å²) in [7, 11) is 1.62. The number of ether oxygens (including phenoxy) is 1. The van der Waals surface area contributed by atoms with E-state index < -0.39 is 0 Å². The molecule has 1 aromatic heterocycles. The predicted octanol–water partition coefficient (Wildman–Crippen LogP) is 2.94. The third-order valence-corrected chi connectivity index (χ3v) is 2.23. The van der Waals surface area contributed by atoms with Crippen LogP contribution in [-0.2, 0) is 0 Å². The van der Waals surface area contributed by atoms with Crippen LogP contribution in [-0.4, -0.2) is 18.6 Å². The minimum absolute atomic E-state index is 0.655. The van der Waals surface area contributed by atoms with Crippen LogP contribution in [0.25, 0.3) is 0 Å². The molecule has 0 atom stereocenters. The first-order valence-electron chi connectivity index (χ1n) is 5.46. The van der Waals surface area contributed by atoms with Crippen molar-refractivity contribution in [2.45, 2.75) is 26.7 Å². The second kappa shape index (κ2) is 6.27. The molecular weight excluding hydrogens is 188 g/mol. The fourth-order valence-electron chi connectivity index (χ4n) is 1.35. The lowest BCUT2D eigenvalue weighted by Gasteiger charge is -2.07. The summed E-state index contributed by atoms with van der Waals surface area (Å²) in [6.07, 6.45) is 4.26. The van der Waals surface area contributed by atoms with Gasteiger partial charge in [0.25, 0.3) is 0 Å². The molecule has 1 rings (SSSR count). The maximum absolute atomic E-state index is 4.99. The van der Waals surface area contributed by atoms with Gasteiger partial charge in [-0.2, -0.15) is 0 Å². The standard InChI is InChI=1S/C12H20N2O/c1-10(2)5-4-8-13-11-6-7-12(15-3)14-9-11/h6-7,9-10,13H,4-5,8H2,1-3H3. The number of pyridine rings is 1. The van der Waals surface area contributed by atoms with E-state index in [1.54, 1.807) is 13.3 Å². The Labute approximate surface area is 91.9 Å². The minimum Gasteiger partial charge on any atom is -0.481 e. The SMILES string of the molecule is COc1ccc(NCCCC(C)C)cn1. The number of hydrogen-bond acceptors (Lipinski definition) is 3. The van der Waals surface area contributed by atoms with Crippen LogP contribution < -0.4 is 10.1 Å². The van der Waals surface area contributed by atoms with E-state index in [1.807, 2.05) is 12.1 Å². The Morgan fingerprint density at radius 2 is 2.20 bits per heavy atom. The number of methoxy groups -OCH3 is 1. The number of rotatable bonds is 6. The molecule has 1 N–H and O–H groups in total. The molecule has 3 nitrogen and oxygen atoms in total. The zero-order valence-electron chi connectivity index (χ0n) is 9.79. The lowest BCUT2D eigenvalue weighted by molar-refractivity contribution is 0.398. The van der Waals surface area contributed by atoms with Crippen LogP contribution in [0.5, 0.6) is 5.88 Å². The molecule has 0 unspecified atom stereocenters. The molecule has 0 amide bonds. The Kier molecular flexibility index (Phi) is 4.95. The summed E-state index contributed by atoms with van der Waals surface area (Å²) >= 11 is 0. The van der Waals surface area contributed by atoms with Crippen molar-refractivity contribution in [1.29, 1.82) is 0 Å². The number of anilines is 1. The largest absolute Gasteiger partial charge is 0.481 e. The van der Waals surface area contributed by atoms with E-state index in [-0.39, 0.29) is 0 Å². The molecular formula is C12H20N2O. The van der Waals surface area contributed by atoms with Gasteiger partial charge < -0.3 is 10.1 Å². The molecule has 0 spiro atoms. The van der Waals surface area contributed by atoms with Crippen molar-refractivity contribution >= 4 is 5.69 Å². The molecule has 1 heterocycles. The first-order chi connectivity index (χ1) is 7.22. The third kappa shape index (κ3) is 4.68. The first kappa shape index (κ1) is 11.8. The van der Waals surface area contributed by atoms with Crippen molar-refractivity contribution in [2.75, 3.05) is 19.0 Å². The number of nitrogens with zero attached hydrogens (tertiary/aromatic N) is 1. The van der Waals surface area contributed by atoms with Crippen molar-refractivity contribution < 1.29 is 4.74 Å². The lowest BCUT2D eigenvalue weighted by Crippen LogP contribution is -2.03. The van der Waals surface area contributed by atoms with Crippen LogP contribution in [0.3, 0.4) is 0 Å². The summed E-state index contributed by atoms with van der Waals surface area (Å²) in [5.74, 6) is 1.43. The molecule has 0 aliphatic carbocycles. The summed E-state index contributed by atoms with van der Waals surface area (Å²) in [5.41, 5.74) is 1.06. The Hall–Kier alpha value is -1.25. The Balaban J connectivity index is 2.25. The molecule has 0 saturated carbocycles. The smallest absolute Gasteiger partial charge is 0.213 e. The van der Waals surface area contributed by atoms with Gasteiger partial charge in [-0.05, 0) is 24.8 Å². The van der Waals surface area contributed by atoms with Gasteiger partial charge in [-0.3, -0.25) is 0 Å². The van der Waals surface area contributed by atoms with Gasteiger partial charge >= 0.3 is 0 Å². The van der Waals surface area contributed by atoms with E-state index in [0.29, 0.717) is 5.88 Å². The third-order valence-electron chi connectivity index (χ3n) is 2.23. The molecule has 0 aromatic carbocycles. The number of hydrogen-bond donors (Lipinski definition) is 1. The summed E-state index contributed by atoms with van der Waals surface area (Å²) in [5, 5.41) is 3.33. The van der Waals surface area contributed by atoms with Crippen molar-refractivity contribution in [3.63, 3.8) is 0 Å². The normalized spacial score (nSPS) is 10.4. The quantitative estimate of drug-likeness (QED) is 0.730. The Bertz CT molecular complexity index is 269. The highest BCUT2D eigenvalue weighted by Crippen LogP contribution is 2.11. The van der Waals surface area contributed by atoms with Crippen LogP contribution in [0.2, 0.25) is 0 Å². The van der Waals surface area contributed by atoms with E-state index in [4.69, 9.17) is 4.74 Å². The van der Waals surface area contributed by atoms with Crippen LogP contribution in [0.15, 0.2) is 18.3 Å². The van der Waals surface area contributed by atoms with Crippen LogP contribution in [0.1, 0.15) is 26.7 Å². The average molecular weight is 208 g/mol. The highest BCUT2D eigenvalue weighted by Gasteiger charge is 1.96. The predicted molar refractivity (Wildman–Crippen MR) is 63.4 cm³/mol. The van der Waals surface area contributed by atoms with E-state index in [1.165, 1.54) is 12.8 Å². The van der Waals surface area contributed by atoms with Gasteiger partial charge in [-0.1, -0.05) is 13.8 Å². The van der Waals surface area contributed by atoms with Crippen LogP contribution in [0, 0.1) is 5.92 Å². The van der Waals surface area contributed by atoms with Gasteiger partial charge in [-0.25, -0.2) is 4.98 Å². The van der Waals surface area contributed by atoms with E-state index in [9.17, 15) is 0 Å². The molecule has 0 aliphatic heterocycles. The van der Waals surface area contributed by atoms with Crippen molar-refractivity contribution in [1.82, 2.24) is 4.98 Å². The highest BCUT2D eigenvalue weighted by atomic mass is 16.5. The molecule has 0 saturated heterocycles. The molecule has 0 radical (unpaired) electrons. The molecule has 15 heavy (non-hydrogen) atoms. The minimum atomic E-state index is 0.655. The van der Waals surface area contributed by atoms with Crippen molar-refractivity contribution in [3.8, 4) is 5.88 Å². The van der Waals surface area contributed by atoms with Gasteiger partial charge in [0, 0.05) is 12.6 Å². The van der Waals surface area contributed by atoms with Gasteiger partial charge in [0.1, 0.15) is 0 Å². The number of aromatic nitrogens is 1. The zero-order valence-corrected chi connectivity index (χ0v) is 9.79. The second-order valence-corrected chi connectivity index (χ2v) is 4.05. The highest BCUT2D eigenvalue weighted by molar-refractivity contribution is 5.41. The van der Waals surface area contributed by atoms with Crippen molar-refractivity contribution in [3.05, 3.63) is 18.3 Å². The topological polar surface area (TPSA) is 34.1 Å². The fraction of sp³-hybridized carbons (Fsp3) is 0.583. The van der Waals surface area contributed by atoms with E-state index >= 15 is 0 Å². The van der Waals surface area contributed by atoms with E-state index in [2.05, 4.69) is 24.1 Å². The maximum Gasteiger partial charge on any atom is 0.213 e. The van der Waals surface area contributed by atoms with Gasteiger partial charge in [-0.15, -0.1) is 0 Å². The second-order valence-electron chi connectivity index (χ2n) is 4.05. The van der Waals surface area contributed by atoms with Crippen LogP contribution >= 0.6 is 0 Å². The van der Waals surface area contributed by atoms with Gasteiger partial charge in [0.05, 0.1) is 19.0 Å². The van der Waals surface area contributed by atoms with Crippen LogP contribution in [0.4, 0.5) is 5.69 Å². The molecule has 1 aromatic rings. The summed E-state index contributed by atoms with van der Waals surface area (Å²) in [6, 6.07) is 3.85. The van der Waals surface area contributed by atoms with Gasteiger partial charge in [0.15, 0.2) is 0 Å². The van der Waals surface area contributed by atoms with Crippen molar-refractivity contribution in [2.24, 2.45) is 5.92 Å². The fourth-order valence-corrected chi connectivity index (χ4v) is 1.35. The lowest BCUT2D eigenvalue weighted by atomic mass is 10.1. The molecule has 0 aliphatic rings. The average Bonchev–Trinajstić information content (AvgIpc) is 2.25.